The Morgan fingerprint density at radius 1 is 1.00 bits per heavy atom. The van der Waals surface area contributed by atoms with Crippen LogP contribution in [0.1, 0.15) is 83.3 Å². The van der Waals surface area contributed by atoms with Crippen LogP contribution in [0.25, 0.3) is 0 Å². The summed E-state index contributed by atoms with van der Waals surface area (Å²) in [6.07, 6.45) is 10.2. The van der Waals surface area contributed by atoms with Crippen molar-refractivity contribution in [3.63, 3.8) is 0 Å². The molecule has 0 aliphatic heterocycles. The number of aryl methyl sites for hydroxylation is 1. The fourth-order valence-electron chi connectivity index (χ4n) is 3.37. The first-order valence-electron chi connectivity index (χ1n) is 9.30. The predicted molar refractivity (Wildman–Crippen MR) is 101 cm³/mol. The normalized spacial score (nSPS) is 11.4. The van der Waals surface area contributed by atoms with Gasteiger partial charge in [0.25, 0.3) is 0 Å². The third-order valence-corrected chi connectivity index (χ3v) is 4.62. The molecule has 4 N–H and O–H groups in total. The van der Waals surface area contributed by atoms with Gasteiger partial charge in [0.1, 0.15) is 0 Å². The molecule has 0 aliphatic carbocycles. The smallest absolute Gasteiger partial charge is 0.186 e. The van der Waals surface area contributed by atoms with Crippen molar-refractivity contribution in [2.75, 3.05) is 0 Å². The molecule has 130 valence electrons. The number of benzene rings is 1. The van der Waals surface area contributed by atoms with Gasteiger partial charge in [-0.25, -0.2) is 0 Å². The molecule has 1 aromatic rings. The van der Waals surface area contributed by atoms with Crippen LogP contribution in [0.3, 0.4) is 0 Å². The summed E-state index contributed by atoms with van der Waals surface area (Å²) in [6.45, 7) is 6.68. The Hall–Kier alpha value is -1.51. The summed E-state index contributed by atoms with van der Waals surface area (Å²) < 4.78 is 0. The van der Waals surface area contributed by atoms with Crippen LogP contribution in [0.5, 0.6) is 0 Å². The van der Waals surface area contributed by atoms with E-state index in [2.05, 4.69) is 50.4 Å². The van der Waals surface area contributed by atoms with E-state index < -0.39 is 0 Å². The van der Waals surface area contributed by atoms with E-state index in [9.17, 15) is 0 Å². The predicted octanol–water partition coefficient (Wildman–Crippen LogP) is 5.09. The average Bonchev–Trinajstić information content (AvgIpc) is 2.55. The van der Waals surface area contributed by atoms with Crippen molar-refractivity contribution in [3.8, 4) is 0 Å². The molecule has 0 saturated carbocycles. The van der Waals surface area contributed by atoms with Crippen molar-refractivity contribution >= 4 is 5.96 Å². The highest BCUT2D eigenvalue weighted by Crippen LogP contribution is 2.35. The van der Waals surface area contributed by atoms with E-state index in [1.165, 1.54) is 24.0 Å². The molecule has 1 aromatic carbocycles. The highest BCUT2D eigenvalue weighted by Gasteiger charge is 2.33. The number of guanidine groups is 1. The molecular weight excluding hydrogens is 282 g/mol. The lowest BCUT2D eigenvalue weighted by Crippen LogP contribution is -2.49. The van der Waals surface area contributed by atoms with Gasteiger partial charge in [0.05, 0.1) is 5.54 Å². The van der Waals surface area contributed by atoms with Crippen LogP contribution < -0.4 is 11.1 Å². The van der Waals surface area contributed by atoms with Gasteiger partial charge in [-0.05, 0) is 36.8 Å². The first-order chi connectivity index (χ1) is 11.1. The molecule has 0 aromatic heterocycles. The van der Waals surface area contributed by atoms with Crippen molar-refractivity contribution < 1.29 is 0 Å². The second kappa shape index (κ2) is 10.3. The van der Waals surface area contributed by atoms with Gasteiger partial charge in [0.2, 0.25) is 0 Å². The number of unbranched alkanes of at least 4 members (excludes halogenated alkanes) is 3. The van der Waals surface area contributed by atoms with Crippen molar-refractivity contribution in [2.45, 2.75) is 84.1 Å². The molecule has 0 fully saturated rings. The zero-order valence-electron chi connectivity index (χ0n) is 15.3. The molecule has 0 amide bonds. The maximum Gasteiger partial charge on any atom is 0.186 e. The minimum Gasteiger partial charge on any atom is -0.370 e. The van der Waals surface area contributed by atoms with E-state index in [0.29, 0.717) is 0 Å². The largest absolute Gasteiger partial charge is 0.370 e. The van der Waals surface area contributed by atoms with E-state index in [-0.39, 0.29) is 11.5 Å². The van der Waals surface area contributed by atoms with E-state index in [1.54, 1.807) is 0 Å². The first kappa shape index (κ1) is 19.5. The zero-order valence-corrected chi connectivity index (χ0v) is 15.3. The molecular formula is C20H35N3. The van der Waals surface area contributed by atoms with Gasteiger partial charge in [-0.15, -0.1) is 0 Å². The molecule has 23 heavy (non-hydrogen) atoms. The van der Waals surface area contributed by atoms with Crippen LogP contribution in [-0.2, 0) is 12.0 Å². The number of hydrogen-bond donors (Lipinski definition) is 3. The van der Waals surface area contributed by atoms with E-state index in [0.717, 1.165) is 44.9 Å². The standard InChI is InChI=1S/C20H35N3/c1-4-7-12-17-13-10-11-14-18(17)20(15-8-5-2,16-9-6-3)23-19(21)22/h10-11,13-14H,4-9,12,15-16H2,1-3H3,(H4,21,22,23). The van der Waals surface area contributed by atoms with Crippen LogP contribution in [0.2, 0.25) is 0 Å². The highest BCUT2D eigenvalue weighted by molar-refractivity contribution is 5.75. The maximum atomic E-state index is 7.85. The van der Waals surface area contributed by atoms with E-state index >= 15 is 0 Å². The summed E-state index contributed by atoms with van der Waals surface area (Å²) in [5.74, 6) is 0.0856. The Balaban J connectivity index is 3.25. The molecule has 3 nitrogen and oxygen atoms in total. The summed E-state index contributed by atoms with van der Waals surface area (Å²) in [6, 6.07) is 8.75. The minimum atomic E-state index is -0.192. The fourth-order valence-corrected chi connectivity index (χ4v) is 3.37. The monoisotopic (exact) mass is 317 g/mol. The van der Waals surface area contributed by atoms with Crippen LogP contribution in [0.15, 0.2) is 24.3 Å². The van der Waals surface area contributed by atoms with Gasteiger partial charge in [-0.3, -0.25) is 5.41 Å². The Labute approximate surface area is 142 Å². The molecule has 0 saturated heterocycles. The second-order valence-electron chi connectivity index (χ2n) is 6.59. The van der Waals surface area contributed by atoms with E-state index in [4.69, 9.17) is 11.1 Å². The Morgan fingerprint density at radius 3 is 2.09 bits per heavy atom. The Kier molecular flexibility index (Phi) is 8.75. The van der Waals surface area contributed by atoms with Crippen LogP contribution in [0.4, 0.5) is 0 Å². The third-order valence-electron chi connectivity index (χ3n) is 4.62. The number of nitrogens with two attached hydrogens (primary N) is 1. The molecule has 3 heteroatoms. The lowest BCUT2D eigenvalue weighted by atomic mass is 9.77. The van der Waals surface area contributed by atoms with Gasteiger partial charge in [-0.1, -0.05) is 77.1 Å². The fraction of sp³-hybridized carbons (Fsp3) is 0.650. The SMILES string of the molecule is CCCCc1ccccc1C(CCCC)(CCCC)NC(=N)N. The third kappa shape index (κ3) is 5.89. The molecule has 0 heterocycles. The summed E-state index contributed by atoms with van der Waals surface area (Å²) in [5, 5.41) is 11.2. The Bertz CT molecular complexity index is 460. The molecule has 0 aliphatic rings. The molecule has 1 rings (SSSR count). The van der Waals surface area contributed by atoms with Crippen molar-refractivity contribution in [1.82, 2.24) is 5.32 Å². The summed E-state index contributed by atoms with van der Waals surface area (Å²) in [7, 11) is 0. The quantitative estimate of drug-likeness (QED) is 0.393. The lowest BCUT2D eigenvalue weighted by molar-refractivity contribution is 0.310. The second-order valence-corrected chi connectivity index (χ2v) is 6.59. The number of nitrogens with one attached hydrogen (secondary N) is 2. The minimum absolute atomic E-state index is 0.0856. The number of hydrogen-bond acceptors (Lipinski definition) is 1. The summed E-state index contributed by atoms with van der Waals surface area (Å²) in [5.41, 5.74) is 8.35. The van der Waals surface area contributed by atoms with E-state index in [1.807, 2.05) is 0 Å². The Morgan fingerprint density at radius 2 is 1.57 bits per heavy atom. The molecule has 0 bridgehead atoms. The van der Waals surface area contributed by atoms with Crippen molar-refractivity contribution in [1.29, 1.82) is 5.41 Å². The van der Waals surface area contributed by atoms with Crippen LogP contribution in [0, 0.1) is 5.41 Å². The lowest BCUT2D eigenvalue weighted by Gasteiger charge is -2.37. The topological polar surface area (TPSA) is 61.9 Å². The average molecular weight is 318 g/mol. The molecule has 0 radical (unpaired) electrons. The zero-order chi connectivity index (χ0) is 17.1. The van der Waals surface area contributed by atoms with Gasteiger partial charge in [0, 0.05) is 0 Å². The van der Waals surface area contributed by atoms with Gasteiger partial charge in [-0.2, -0.15) is 0 Å². The van der Waals surface area contributed by atoms with Crippen molar-refractivity contribution in [3.05, 3.63) is 35.4 Å². The van der Waals surface area contributed by atoms with Crippen molar-refractivity contribution in [2.24, 2.45) is 5.73 Å². The van der Waals surface area contributed by atoms with Crippen LogP contribution >= 0.6 is 0 Å². The molecule has 0 atom stereocenters. The molecule has 0 spiro atoms. The molecule has 0 unspecified atom stereocenters. The van der Waals surface area contributed by atoms with Gasteiger partial charge < -0.3 is 11.1 Å². The number of rotatable bonds is 11. The summed E-state index contributed by atoms with van der Waals surface area (Å²) in [4.78, 5) is 0. The first-order valence-corrected chi connectivity index (χ1v) is 9.30. The maximum absolute atomic E-state index is 7.85. The summed E-state index contributed by atoms with van der Waals surface area (Å²) >= 11 is 0. The van der Waals surface area contributed by atoms with Crippen LogP contribution in [-0.4, -0.2) is 5.96 Å². The van der Waals surface area contributed by atoms with Gasteiger partial charge in [0.15, 0.2) is 5.96 Å². The highest BCUT2D eigenvalue weighted by atomic mass is 15.1. The van der Waals surface area contributed by atoms with Gasteiger partial charge >= 0.3 is 0 Å².